The van der Waals surface area contributed by atoms with Crippen LogP contribution >= 0.6 is 0 Å². The Morgan fingerprint density at radius 1 is 1.16 bits per heavy atom. The van der Waals surface area contributed by atoms with Gasteiger partial charge in [-0.15, -0.1) is 0 Å². The number of fused-ring (bicyclic) bond motifs is 2. The topological polar surface area (TPSA) is 99.3 Å². The van der Waals surface area contributed by atoms with E-state index in [1.807, 2.05) is 24.3 Å². The number of rotatable bonds is 6. The zero-order valence-electron chi connectivity index (χ0n) is 18.2. The van der Waals surface area contributed by atoms with Crippen molar-refractivity contribution in [2.24, 2.45) is 5.92 Å². The molecule has 1 amide bonds. The molecule has 0 unspecified atom stereocenters. The van der Waals surface area contributed by atoms with Gasteiger partial charge in [-0.2, -0.15) is 4.31 Å². The lowest BCUT2D eigenvalue weighted by Gasteiger charge is -2.28. The molecule has 2 heterocycles. The van der Waals surface area contributed by atoms with Crippen LogP contribution in [0.2, 0.25) is 0 Å². The minimum Gasteiger partial charge on any atom is -0.360 e. The van der Waals surface area contributed by atoms with Gasteiger partial charge in [-0.25, -0.2) is 8.42 Å². The molecule has 1 aromatic heterocycles. The van der Waals surface area contributed by atoms with E-state index in [-0.39, 0.29) is 15.8 Å². The number of nitrogens with zero attached hydrogens (tertiary/aromatic N) is 1. The number of carbonyl (C=O) groups is 1. The van der Waals surface area contributed by atoms with Crippen LogP contribution in [0, 0.1) is 5.92 Å². The van der Waals surface area contributed by atoms with Crippen molar-refractivity contribution >= 4 is 26.8 Å². The number of nitrogens with one attached hydrogen (secondary N) is 2. The summed E-state index contributed by atoms with van der Waals surface area (Å²) in [5.41, 5.74) is 2.12. The number of aromatic amines is 1. The molecule has 0 radical (unpaired) electrons. The van der Waals surface area contributed by atoms with E-state index in [4.69, 9.17) is 0 Å². The van der Waals surface area contributed by atoms with Crippen molar-refractivity contribution in [1.82, 2.24) is 14.6 Å². The molecule has 3 aromatic rings. The summed E-state index contributed by atoms with van der Waals surface area (Å²) in [5.74, 6) is -0.0330. The Morgan fingerprint density at radius 3 is 2.66 bits per heavy atom. The molecule has 0 spiro atoms. The second kappa shape index (κ2) is 8.88. The summed E-state index contributed by atoms with van der Waals surface area (Å²) in [5, 5.41) is 2.94. The van der Waals surface area contributed by atoms with E-state index >= 15 is 0 Å². The first kappa shape index (κ1) is 22.2. The lowest BCUT2D eigenvalue weighted by Crippen LogP contribution is -2.36. The van der Waals surface area contributed by atoms with Gasteiger partial charge in [0.05, 0.1) is 4.90 Å². The third-order valence-corrected chi connectivity index (χ3v) is 7.68. The summed E-state index contributed by atoms with van der Waals surface area (Å²) in [6.07, 6.45) is 2.83. The predicted molar refractivity (Wildman–Crippen MR) is 124 cm³/mol. The van der Waals surface area contributed by atoms with Crippen LogP contribution in [0.5, 0.6) is 0 Å². The second-order valence-electron chi connectivity index (χ2n) is 8.53. The Hall–Kier alpha value is -2.97. The van der Waals surface area contributed by atoms with Gasteiger partial charge in [0.1, 0.15) is 5.56 Å². The molecule has 168 valence electrons. The fraction of sp³-hybridized carbons (Fsp3) is 0.333. The molecule has 32 heavy (non-hydrogen) atoms. The molecule has 0 fully saturated rings. The van der Waals surface area contributed by atoms with Crippen LogP contribution in [0.4, 0.5) is 0 Å². The highest BCUT2D eigenvalue weighted by atomic mass is 32.2. The lowest BCUT2D eigenvalue weighted by molar-refractivity contribution is 0.0951. The first-order valence-electron chi connectivity index (χ1n) is 10.8. The first-order valence-corrected chi connectivity index (χ1v) is 12.2. The second-order valence-corrected chi connectivity index (χ2v) is 10.5. The van der Waals surface area contributed by atoms with Crippen molar-refractivity contribution in [3.63, 3.8) is 0 Å². The number of sulfonamides is 1. The summed E-state index contributed by atoms with van der Waals surface area (Å²) < 4.78 is 28.1. The Labute approximate surface area is 187 Å². The number of benzene rings is 2. The number of hydrogen-bond donors (Lipinski definition) is 2. The molecule has 2 N–H and O–H groups in total. The minimum absolute atomic E-state index is 0.0253. The monoisotopic (exact) mass is 453 g/mol. The van der Waals surface area contributed by atoms with Crippen LogP contribution in [0.3, 0.4) is 0 Å². The number of H-pyrrole nitrogens is 1. The van der Waals surface area contributed by atoms with E-state index < -0.39 is 21.4 Å². The van der Waals surface area contributed by atoms with E-state index in [2.05, 4.69) is 24.1 Å². The van der Waals surface area contributed by atoms with Crippen LogP contribution in [-0.4, -0.2) is 36.7 Å². The third-order valence-electron chi connectivity index (χ3n) is 5.84. The van der Waals surface area contributed by atoms with Gasteiger partial charge in [-0.1, -0.05) is 38.1 Å². The molecule has 0 bridgehead atoms. The quantitative estimate of drug-likeness (QED) is 0.599. The van der Waals surface area contributed by atoms with Crippen LogP contribution < -0.4 is 10.7 Å². The lowest BCUT2D eigenvalue weighted by atomic mass is 10.0. The Morgan fingerprint density at radius 2 is 1.91 bits per heavy atom. The van der Waals surface area contributed by atoms with Crippen molar-refractivity contribution in [2.75, 3.05) is 13.1 Å². The summed E-state index contributed by atoms with van der Waals surface area (Å²) in [7, 11) is -3.79. The molecule has 2 aromatic carbocycles. The van der Waals surface area contributed by atoms with Gasteiger partial charge in [-0.3, -0.25) is 9.59 Å². The van der Waals surface area contributed by atoms with E-state index in [9.17, 15) is 18.0 Å². The largest absolute Gasteiger partial charge is 0.360 e. The van der Waals surface area contributed by atoms with E-state index in [0.717, 1.165) is 17.5 Å². The maximum atomic E-state index is 13.3. The van der Waals surface area contributed by atoms with Gasteiger partial charge in [-0.05, 0) is 48.1 Å². The highest BCUT2D eigenvalue weighted by molar-refractivity contribution is 7.89. The highest BCUT2D eigenvalue weighted by Crippen LogP contribution is 2.26. The summed E-state index contributed by atoms with van der Waals surface area (Å²) >= 11 is 0. The molecule has 0 aliphatic carbocycles. The SMILES string of the molecule is CC(C)CCNC(=O)c1c[nH]c2ccc(S(=O)(=O)N3CCc4ccccc4C3)cc2c1=O. The average molecular weight is 454 g/mol. The average Bonchev–Trinajstić information content (AvgIpc) is 2.78. The Balaban J connectivity index is 1.65. The van der Waals surface area contributed by atoms with Gasteiger partial charge in [0, 0.05) is 36.7 Å². The van der Waals surface area contributed by atoms with Crippen molar-refractivity contribution in [2.45, 2.75) is 38.1 Å². The van der Waals surface area contributed by atoms with Crippen molar-refractivity contribution in [3.05, 3.63) is 75.6 Å². The third kappa shape index (κ3) is 4.33. The number of aromatic nitrogens is 1. The first-order chi connectivity index (χ1) is 15.3. The summed E-state index contributed by atoms with van der Waals surface area (Å²) in [6.45, 7) is 5.26. The molecule has 1 aliphatic heterocycles. The Bertz CT molecular complexity index is 1330. The van der Waals surface area contributed by atoms with E-state index in [1.54, 1.807) is 6.07 Å². The molecular formula is C24H27N3O4S. The smallest absolute Gasteiger partial charge is 0.256 e. The Kier molecular flexibility index (Phi) is 6.17. The van der Waals surface area contributed by atoms with Crippen molar-refractivity contribution < 1.29 is 13.2 Å². The molecule has 7 nitrogen and oxygen atoms in total. The van der Waals surface area contributed by atoms with E-state index in [0.29, 0.717) is 37.5 Å². The number of carbonyl (C=O) groups excluding carboxylic acids is 1. The molecule has 4 rings (SSSR count). The summed E-state index contributed by atoms with van der Waals surface area (Å²) in [4.78, 5) is 28.5. The van der Waals surface area contributed by atoms with Gasteiger partial charge in [0.15, 0.2) is 0 Å². The highest BCUT2D eigenvalue weighted by Gasteiger charge is 2.28. The zero-order valence-corrected chi connectivity index (χ0v) is 19.0. The maximum absolute atomic E-state index is 13.3. The van der Waals surface area contributed by atoms with Crippen molar-refractivity contribution in [3.8, 4) is 0 Å². The molecule has 0 atom stereocenters. The number of pyridine rings is 1. The molecule has 8 heteroatoms. The predicted octanol–water partition coefficient (Wildman–Crippen LogP) is 3.05. The number of amides is 1. The molecule has 1 aliphatic rings. The normalized spacial score (nSPS) is 14.5. The summed E-state index contributed by atoms with van der Waals surface area (Å²) in [6, 6.07) is 12.2. The van der Waals surface area contributed by atoms with Crippen LogP contribution in [0.15, 0.2) is 58.4 Å². The van der Waals surface area contributed by atoms with Gasteiger partial charge in [0.25, 0.3) is 5.91 Å². The van der Waals surface area contributed by atoms with Crippen LogP contribution in [0.1, 0.15) is 41.8 Å². The zero-order chi connectivity index (χ0) is 22.9. The minimum atomic E-state index is -3.79. The van der Waals surface area contributed by atoms with Crippen LogP contribution in [-0.2, 0) is 23.0 Å². The fourth-order valence-electron chi connectivity index (χ4n) is 3.92. The van der Waals surface area contributed by atoms with Crippen LogP contribution in [0.25, 0.3) is 10.9 Å². The van der Waals surface area contributed by atoms with E-state index in [1.165, 1.54) is 22.6 Å². The van der Waals surface area contributed by atoms with Crippen molar-refractivity contribution in [1.29, 1.82) is 0 Å². The molecule has 0 saturated carbocycles. The molecular weight excluding hydrogens is 426 g/mol. The van der Waals surface area contributed by atoms with Gasteiger partial charge >= 0.3 is 0 Å². The van der Waals surface area contributed by atoms with Gasteiger partial charge in [0.2, 0.25) is 15.5 Å². The van der Waals surface area contributed by atoms with Gasteiger partial charge < -0.3 is 10.3 Å². The fourth-order valence-corrected chi connectivity index (χ4v) is 5.37. The maximum Gasteiger partial charge on any atom is 0.256 e. The number of hydrogen-bond acceptors (Lipinski definition) is 4. The standard InChI is InChI=1S/C24H27N3O4S/c1-16(2)9-11-25-24(29)21-14-26-22-8-7-19(13-20(22)23(21)28)32(30,31)27-12-10-17-5-3-4-6-18(17)15-27/h3-8,13-14,16H,9-12,15H2,1-2H3,(H,25,29)(H,26,28). The molecule has 0 saturated heterocycles.